The molecule has 6 nitrogen and oxygen atoms in total. The molecule has 0 aliphatic rings. The first kappa shape index (κ1) is 21.2. The van der Waals surface area contributed by atoms with Gasteiger partial charge >= 0.3 is 0 Å². The minimum absolute atomic E-state index is 0.0412. The number of ketones is 1. The Morgan fingerprint density at radius 2 is 1.50 bits per heavy atom. The molecular weight excluding hydrogens is 356 g/mol. The number of nitrogens with one attached hydrogen (secondary N) is 2. The predicted octanol–water partition coefficient (Wildman–Crippen LogP) is 3.68. The van der Waals surface area contributed by atoms with Crippen molar-refractivity contribution in [2.45, 2.75) is 33.7 Å². The maximum Gasteiger partial charge on any atom is 0.251 e. The van der Waals surface area contributed by atoms with E-state index in [1.54, 1.807) is 48.5 Å². The van der Waals surface area contributed by atoms with Gasteiger partial charge in [-0.25, -0.2) is 0 Å². The Hall–Kier alpha value is -3.15. The van der Waals surface area contributed by atoms with Gasteiger partial charge in [0.25, 0.3) is 5.91 Å². The maximum absolute atomic E-state index is 12.7. The number of Topliss-reactive ketones (excluding diaryl/α,β-unsaturated/α-hetero) is 1. The number of rotatable bonds is 8. The highest BCUT2D eigenvalue weighted by molar-refractivity contribution is 6.01. The third kappa shape index (κ3) is 5.67. The molecule has 0 aromatic heterocycles. The minimum Gasteiger partial charge on any atom is -0.494 e. The van der Waals surface area contributed by atoms with Crippen LogP contribution in [0.2, 0.25) is 0 Å². The number of amides is 2. The molecule has 0 heterocycles. The molecule has 148 valence electrons. The first-order valence-electron chi connectivity index (χ1n) is 9.27. The van der Waals surface area contributed by atoms with Crippen LogP contribution in [0, 0.1) is 5.92 Å². The van der Waals surface area contributed by atoms with Crippen molar-refractivity contribution in [3.8, 4) is 5.75 Å². The molecule has 28 heavy (non-hydrogen) atoms. The molecule has 2 amide bonds. The van der Waals surface area contributed by atoms with Gasteiger partial charge in [0.1, 0.15) is 11.8 Å². The van der Waals surface area contributed by atoms with Crippen molar-refractivity contribution in [2.24, 2.45) is 5.92 Å². The SMILES string of the molecule is CCOc1ccc(C(=O)N[C@H](C(=O)Nc2ccc(C(C)=O)cc2)C(C)C)cc1. The Morgan fingerprint density at radius 3 is 2.00 bits per heavy atom. The van der Waals surface area contributed by atoms with Crippen molar-refractivity contribution >= 4 is 23.3 Å². The number of ether oxygens (including phenoxy) is 1. The molecule has 6 heteroatoms. The van der Waals surface area contributed by atoms with E-state index in [1.165, 1.54) is 6.92 Å². The van der Waals surface area contributed by atoms with Gasteiger partial charge < -0.3 is 15.4 Å². The number of benzene rings is 2. The van der Waals surface area contributed by atoms with Crippen LogP contribution >= 0.6 is 0 Å². The lowest BCUT2D eigenvalue weighted by atomic mass is 10.0. The number of anilines is 1. The lowest BCUT2D eigenvalue weighted by Gasteiger charge is -2.22. The smallest absolute Gasteiger partial charge is 0.251 e. The molecule has 0 aliphatic heterocycles. The van der Waals surface area contributed by atoms with Crippen LogP contribution in [0.15, 0.2) is 48.5 Å². The standard InChI is InChI=1S/C22H26N2O4/c1-5-28-19-12-8-17(9-13-19)21(26)24-20(14(2)3)22(27)23-18-10-6-16(7-11-18)15(4)25/h6-14,20H,5H2,1-4H3,(H,23,27)(H,24,26)/t20-/m0/s1. The van der Waals surface area contributed by atoms with Crippen LogP contribution in [-0.4, -0.2) is 30.2 Å². The average Bonchev–Trinajstić information content (AvgIpc) is 2.66. The Morgan fingerprint density at radius 1 is 0.929 bits per heavy atom. The second-order valence-electron chi connectivity index (χ2n) is 6.78. The highest BCUT2D eigenvalue weighted by Crippen LogP contribution is 2.15. The Kier molecular flexibility index (Phi) is 7.32. The van der Waals surface area contributed by atoms with Crippen molar-refractivity contribution in [2.75, 3.05) is 11.9 Å². The molecule has 2 aromatic carbocycles. The molecule has 0 spiro atoms. The summed E-state index contributed by atoms with van der Waals surface area (Å²) in [4.78, 5) is 36.5. The summed E-state index contributed by atoms with van der Waals surface area (Å²) >= 11 is 0. The van der Waals surface area contributed by atoms with E-state index < -0.39 is 6.04 Å². The van der Waals surface area contributed by atoms with Crippen molar-refractivity contribution < 1.29 is 19.1 Å². The summed E-state index contributed by atoms with van der Waals surface area (Å²) in [6.45, 7) is 7.65. The van der Waals surface area contributed by atoms with Gasteiger partial charge in [0, 0.05) is 16.8 Å². The van der Waals surface area contributed by atoms with Gasteiger partial charge in [-0.15, -0.1) is 0 Å². The van der Waals surface area contributed by atoms with E-state index in [1.807, 2.05) is 20.8 Å². The van der Waals surface area contributed by atoms with E-state index >= 15 is 0 Å². The summed E-state index contributed by atoms with van der Waals surface area (Å²) in [5.74, 6) is -0.108. The molecule has 0 unspecified atom stereocenters. The zero-order chi connectivity index (χ0) is 20.7. The predicted molar refractivity (Wildman–Crippen MR) is 109 cm³/mol. The van der Waals surface area contributed by atoms with Gasteiger partial charge in [0.05, 0.1) is 6.61 Å². The van der Waals surface area contributed by atoms with Crippen molar-refractivity contribution in [1.29, 1.82) is 0 Å². The summed E-state index contributed by atoms with van der Waals surface area (Å²) in [6.07, 6.45) is 0. The minimum atomic E-state index is -0.702. The quantitative estimate of drug-likeness (QED) is 0.682. The van der Waals surface area contributed by atoms with E-state index in [0.29, 0.717) is 29.2 Å². The Labute approximate surface area is 165 Å². The first-order chi connectivity index (χ1) is 13.3. The lowest BCUT2D eigenvalue weighted by Crippen LogP contribution is -2.47. The molecule has 0 aliphatic carbocycles. The fraction of sp³-hybridized carbons (Fsp3) is 0.318. The summed E-state index contributed by atoms with van der Waals surface area (Å²) in [6, 6.07) is 12.7. The topological polar surface area (TPSA) is 84.5 Å². The van der Waals surface area contributed by atoms with E-state index in [-0.39, 0.29) is 23.5 Å². The largest absolute Gasteiger partial charge is 0.494 e. The molecule has 0 radical (unpaired) electrons. The molecule has 1 atom stereocenters. The van der Waals surface area contributed by atoms with Gasteiger partial charge in [-0.05, 0) is 68.3 Å². The summed E-state index contributed by atoms with van der Waals surface area (Å²) in [5.41, 5.74) is 1.59. The molecular formula is C22H26N2O4. The van der Waals surface area contributed by atoms with Crippen LogP contribution in [-0.2, 0) is 4.79 Å². The molecule has 0 bridgehead atoms. The number of hydrogen-bond acceptors (Lipinski definition) is 4. The van der Waals surface area contributed by atoms with Crippen molar-refractivity contribution in [3.63, 3.8) is 0 Å². The number of carbonyl (C=O) groups is 3. The molecule has 0 saturated heterocycles. The monoisotopic (exact) mass is 382 g/mol. The highest BCUT2D eigenvalue weighted by atomic mass is 16.5. The second kappa shape index (κ2) is 9.69. The van der Waals surface area contributed by atoms with Gasteiger partial charge in [-0.3, -0.25) is 14.4 Å². The highest BCUT2D eigenvalue weighted by Gasteiger charge is 2.25. The zero-order valence-electron chi connectivity index (χ0n) is 16.6. The van der Waals surface area contributed by atoms with E-state index in [9.17, 15) is 14.4 Å². The Bertz CT molecular complexity index is 827. The molecule has 0 fully saturated rings. The molecule has 2 rings (SSSR count). The summed E-state index contributed by atoms with van der Waals surface area (Å²) in [5, 5.41) is 5.58. The first-order valence-corrected chi connectivity index (χ1v) is 9.27. The van der Waals surface area contributed by atoms with Crippen molar-refractivity contribution in [3.05, 3.63) is 59.7 Å². The van der Waals surface area contributed by atoms with Gasteiger partial charge in [0.2, 0.25) is 5.91 Å². The third-order valence-corrected chi connectivity index (χ3v) is 4.22. The van der Waals surface area contributed by atoms with E-state index in [2.05, 4.69) is 10.6 Å². The number of carbonyl (C=O) groups excluding carboxylic acids is 3. The van der Waals surface area contributed by atoms with Gasteiger partial charge in [-0.2, -0.15) is 0 Å². The van der Waals surface area contributed by atoms with Crippen molar-refractivity contribution in [1.82, 2.24) is 5.32 Å². The van der Waals surface area contributed by atoms with E-state index in [0.717, 1.165) is 0 Å². The van der Waals surface area contributed by atoms with Crippen LogP contribution in [0.3, 0.4) is 0 Å². The van der Waals surface area contributed by atoms with Crippen LogP contribution in [0.25, 0.3) is 0 Å². The fourth-order valence-corrected chi connectivity index (χ4v) is 2.64. The normalized spacial score (nSPS) is 11.6. The van der Waals surface area contributed by atoms with Crippen LogP contribution < -0.4 is 15.4 Å². The van der Waals surface area contributed by atoms with Crippen LogP contribution in [0.5, 0.6) is 5.75 Å². The lowest BCUT2D eigenvalue weighted by molar-refractivity contribution is -0.118. The number of hydrogen-bond donors (Lipinski definition) is 2. The molecule has 2 aromatic rings. The van der Waals surface area contributed by atoms with Crippen LogP contribution in [0.4, 0.5) is 5.69 Å². The third-order valence-electron chi connectivity index (χ3n) is 4.22. The maximum atomic E-state index is 12.7. The van der Waals surface area contributed by atoms with Gasteiger partial charge in [-0.1, -0.05) is 13.8 Å². The summed E-state index contributed by atoms with van der Waals surface area (Å²) in [7, 11) is 0. The fourth-order valence-electron chi connectivity index (χ4n) is 2.64. The van der Waals surface area contributed by atoms with E-state index in [4.69, 9.17) is 4.74 Å². The zero-order valence-corrected chi connectivity index (χ0v) is 16.6. The molecule has 0 saturated carbocycles. The van der Waals surface area contributed by atoms with Crippen LogP contribution in [0.1, 0.15) is 48.4 Å². The average molecular weight is 382 g/mol. The Balaban J connectivity index is 2.05. The molecule has 2 N–H and O–H groups in total. The second-order valence-corrected chi connectivity index (χ2v) is 6.78. The van der Waals surface area contributed by atoms with Gasteiger partial charge in [0.15, 0.2) is 5.78 Å². The summed E-state index contributed by atoms with van der Waals surface area (Å²) < 4.78 is 5.37.